The van der Waals surface area contributed by atoms with Crippen LogP contribution in [0, 0.1) is 6.92 Å². The topological polar surface area (TPSA) is 94.2 Å². The van der Waals surface area contributed by atoms with E-state index in [0.717, 1.165) is 5.56 Å². The lowest BCUT2D eigenvalue weighted by molar-refractivity contribution is 0.0783. The molecular weight excluding hydrogens is 408 g/mol. The fraction of sp³-hybridized carbons (Fsp3) is 0.381. The minimum atomic E-state index is -3.73. The number of sulfonamides is 1. The summed E-state index contributed by atoms with van der Waals surface area (Å²) in [5.74, 6) is 1.08. The molecule has 0 fully saturated rings. The molecule has 0 bridgehead atoms. The Morgan fingerprint density at radius 2 is 1.87 bits per heavy atom. The first-order valence-corrected chi connectivity index (χ1v) is 11.0. The third-order valence-corrected chi connectivity index (χ3v) is 6.18. The Bertz CT molecular complexity index is 1020. The molecule has 9 heteroatoms. The number of hydrogen-bond acceptors (Lipinski definition) is 6. The average molecular weight is 435 g/mol. The maximum Gasteiger partial charge on any atom is 0.254 e. The molecule has 0 saturated carbocycles. The van der Waals surface area contributed by atoms with Crippen LogP contribution in [0.5, 0.6) is 11.5 Å². The average Bonchev–Trinajstić information content (AvgIpc) is 2.73. The summed E-state index contributed by atoms with van der Waals surface area (Å²) in [4.78, 5) is 14.6. The molecule has 30 heavy (non-hydrogen) atoms. The number of hydrogen-bond donors (Lipinski definition) is 1. The Morgan fingerprint density at radius 1 is 1.13 bits per heavy atom. The maximum absolute atomic E-state index is 13.0. The third kappa shape index (κ3) is 5.10. The summed E-state index contributed by atoms with van der Waals surface area (Å²) in [7, 11) is -0.560. The minimum absolute atomic E-state index is 0.0419. The molecule has 1 aliphatic rings. The van der Waals surface area contributed by atoms with Crippen molar-refractivity contribution in [3.63, 3.8) is 0 Å². The first kappa shape index (κ1) is 22.1. The summed E-state index contributed by atoms with van der Waals surface area (Å²) < 4.78 is 43.4. The van der Waals surface area contributed by atoms with Crippen molar-refractivity contribution in [2.75, 3.05) is 40.5 Å². The number of carbonyl (C=O) groups excluding carboxylic acids is 1. The predicted molar refractivity (Wildman–Crippen MR) is 111 cm³/mol. The van der Waals surface area contributed by atoms with Gasteiger partial charge in [-0.2, -0.15) is 0 Å². The maximum atomic E-state index is 13.0. The van der Waals surface area contributed by atoms with E-state index in [9.17, 15) is 13.2 Å². The van der Waals surface area contributed by atoms with Gasteiger partial charge in [-0.25, -0.2) is 13.1 Å². The second-order valence-corrected chi connectivity index (χ2v) is 8.77. The van der Waals surface area contributed by atoms with Crippen molar-refractivity contribution in [2.45, 2.75) is 18.4 Å². The molecule has 0 saturated heterocycles. The number of amides is 1. The quantitative estimate of drug-likeness (QED) is 0.639. The van der Waals surface area contributed by atoms with Gasteiger partial charge in [0.05, 0.1) is 11.5 Å². The zero-order valence-electron chi connectivity index (χ0n) is 17.3. The van der Waals surface area contributed by atoms with E-state index >= 15 is 0 Å². The summed E-state index contributed by atoms with van der Waals surface area (Å²) in [5, 5.41) is 0. The number of nitrogens with zero attached hydrogens (tertiary/aromatic N) is 1. The van der Waals surface area contributed by atoms with Crippen LogP contribution < -0.4 is 14.2 Å². The fourth-order valence-corrected chi connectivity index (χ4v) is 4.14. The van der Waals surface area contributed by atoms with Crippen molar-refractivity contribution in [2.24, 2.45) is 0 Å². The zero-order valence-corrected chi connectivity index (χ0v) is 18.1. The van der Waals surface area contributed by atoms with Gasteiger partial charge in [0.1, 0.15) is 13.2 Å². The number of fused-ring (bicyclic) bond motifs is 1. The van der Waals surface area contributed by atoms with Crippen LogP contribution in [0.15, 0.2) is 41.3 Å². The number of carbonyl (C=O) groups is 1. The van der Waals surface area contributed by atoms with Gasteiger partial charge < -0.3 is 19.1 Å². The lowest BCUT2D eigenvalue weighted by Gasteiger charge is -2.22. The molecule has 1 aliphatic heterocycles. The van der Waals surface area contributed by atoms with Gasteiger partial charge in [0.15, 0.2) is 11.5 Å². The van der Waals surface area contributed by atoms with Crippen molar-refractivity contribution < 1.29 is 27.4 Å². The van der Waals surface area contributed by atoms with Gasteiger partial charge in [-0.3, -0.25) is 4.79 Å². The van der Waals surface area contributed by atoms with E-state index in [4.69, 9.17) is 14.2 Å². The summed E-state index contributed by atoms with van der Waals surface area (Å²) in [5.41, 5.74) is 1.92. The molecule has 0 spiro atoms. The second kappa shape index (κ2) is 9.46. The standard InChI is InChI=1S/C21H26N2O6S/c1-15-4-6-17(30(25,26)22-8-9-27-3)13-18(15)21(24)23(2)14-16-5-7-19-20(12-16)29-11-10-28-19/h4-7,12-13,22H,8-11,14H2,1-3H3. The SMILES string of the molecule is COCCNS(=O)(=O)c1ccc(C)c(C(=O)N(C)Cc2ccc3c(c2)OCCO3)c1. The third-order valence-electron chi connectivity index (χ3n) is 4.72. The Hall–Kier alpha value is -2.62. The number of benzene rings is 2. The molecular formula is C21H26N2O6S. The minimum Gasteiger partial charge on any atom is -0.486 e. The second-order valence-electron chi connectivity index (χ2n) is 7.01. The van der Waals surface area contributed by atoms with Crippen molar-refractivity contribution >= 4 is 15.9 Å². The molecule has 1 amide bonds. The molecule has 0 aliphatic carbocycles. The Labute approximate surface area is 176 Å². The Balaban J connectivity index is 1.77. The number of methoxy groups -OCH3 is 1. The molecule has 2 aromatic rings. The van der Waals surface area contributed by atoms with Gasteiger partial charge in [-0.15, -0.1) is 0 Å². The van der Waals surface area contributed by atoms with Crippen molar-refractivity contribution in [1.29, 1.82) is 0 Å². The molecule has 0 atom stereocenters. The lowest BCUT2D eigenvalue weighted by atomic mass is 10.1. The zero-order chi connectivity index (χ0) is 21.7. The van der Waals surface area contributed by atoms with E-state index in [-0.39, 0.29) is 24.0 Å². The normalized spacial score (nSPS) is 13.2. The Morgan fingerprint density at radius 3 is 2.60 bits per heavy atom. The van der Waals surface area contributed by atoms with Crippen LogP contribution in [0.4, 0.5) is 0 Å². The highest BCUT2D eigenvalue weighted by Crippen LogP contribution is 2.31. The van der Waals surface area contributed by atoms with Gasteiger partial charge in [-0.1, -0.05) is 12.1 Å². The van der Waals surface area contributed by atoms with E-state index in [1.54, 1.807) is 24.9 Å². The Kier molecular flexibility index (Phi) is 6.96. The summed E-state index contributed by atoms with van der Waals surface area (Å²) in [6.45, 7) is 3.54. The van der Waals surface area contributed by atoms with Crippen molar-refractivity contribution in [1.82, 2.24) is 9.62 Å². The number of ether oxygens (including phenoxy) is 3. The van der Waals surface area contributed by atoms with Crippen LogP contribution in [0.1, 0.15) is 21.5 Å². The molecule has 2 aromatic carbocycles. The van der Waals surface area contributed by atoms with E-state index < -0.39 is 10.0 Å². The molecule has 1 heterocycles. The van der Waals surface area contributed by atoms with Crippen LogP contribution in [-0.4, -0.2) is 59.7 Å². The molecule has 162 valence electrons. The lowest BCUT2D eigenvalue weighted by Crippen LogP contribution is -2.29. The van der Waals surface area contributed by atoms with Gasteiger partial charge in [0, 0.05) is 32.8 Å². The van der Waals surface area contributed by atoms with Crippen LogP contribution in [-0.2, 0) is 21.3 Å². The predicted octanol–water partition coefficient (Wildman–Crippen LogP) is 1.96. The highest BCUT2D eigenvalue weighted by Gasteiger charge is 2.20. The first-order valence-electron chi connectivity index (χ1n) is 9.55. The molecule has 0 aromatic heterocycles. The van der Waals surface area contributed by atoms with E-state index in [1.165, 1.54) is 19.2 Å². The van der Waals surface area contributed by atoms with Crippen LogP contribution in [0.3, 0.4) is 0 Å². The monoisotopic (exact) mass is 434 g/mol. The first-order chi connectivity index (χ1) is 14.3. The van der Waals surface area contributed by atoms with E-state index in [0.29, 0.717) is 42.4 Å². The summed E-state index contributed by atoms with van der Waals surface area (Å²) in [6.07, 6.45) is 0. The number of aryl methyl sites for hydroxylation is 1. The molecule has 0 unspecified atom stereocenters. The van der Waals surface area contributed by atoms with Crippen LogP contribution in [0.25, 0.3) is 0 Å². The van der Waals surface area contributed by atoms with Crippen LogP contribution >= 0.6 is 0 Å². The molecule has 1 N–H and O–H groups in total. The highest BCUT2D eigenvalue weighted by molar-refractivity contribution is 7.89. The molecule has 3 rings (SSSR count). The molecule has 8 nitrogen and oxygen atoms in total. The van der Waals surface area contributed by atoms with Gasteiger partial charge in [-0.05, 0) is 42.3 Å². The summed E-state index contributed by atoms with van der Waals surface area (Å²) in [6, 6.07) is 10.1. The highest BCUT2D eigenvalue weighted by atomic mass is 32.2. The number of rotatable bonds is 8. The smallest absolute Gasteiger partial charge is 0.254 e. The van der Waals surface area contributed by atoms with Gasteiger partial charge >= 0.3 is 0 Å². The van der Waals surface area contributed by atoms with Crippen molar-refractivity contribution in [3.05, 3.63) is 53.1 Å². The van der Waals surface area contributed by atoms with Crippen LogP contribution in [0.2, 0.25) is 0 Å². The summed E-state index contributed by atoms with van der Waals surface area (Å²) >= 11 is 0. The van der Waals surface area contributed by atoms with E-state index in [1.807, 2.05) is 18.2 Å². The largest absolute Gasteiger partial charge is 0.486 e. The fourth-order valence-electron chi connectivity index (χ4n) is 3.10. The molecule has 0 radical (unpaired) electrons. The van der Waals surface area contributed by atoms with Gasteiger partial charge in [0.2, 0.25) is 10.0 Å². The number of nitrogens with one attached hydrogen (secondary N) is 1. The van der Waals surface area contributed by atoms with Gasteiger partial charge in [0.25, 0.3) is 5.91 Å². The van der Waals surface area contributed by atoms with E-state index in [2.05, 4.69) is 4.72 Å². The van der Waals surface area contributed by atoms with Crippen molar-refractivity contribution in [3.8, 4) is 11.5 Å².